The van der Waals surface area contributed by atoms with Crippen molar-refractivity contribution in [3.05, 3.63) is 42.5 Å². The first-order valence-corrected chi connectivity index (χ1v) is 5.13. The van der Waals surface area contributed by atoms with E-state index in [1.165, 1.54) is 0 Å². The lowest BCUT2D eigenvalue weighted by molar-refractivity contribution is -0.175. The molecule has 1 atom stereocenters. The third-order valence-corrected chi connectivity index (χ3v) is 1.97. The standard InChI is InChI=1S/C12H11F3O4/c1-8(12(13,14)15)11(17)19-10(16)7-18-9-5-3-2-4-6-9/h2-6,10,16H,1,7H2. The second-order valence-corrected chi connectivity index (χ2v) is 3.46. The molecule has 19 heavy (non-hydrogen) atoms. The summed E-state index contributed by atoms with van der Waals surface area (Å²) in [7, 11) is 0. The number of carbonyl (C=O) groups is 1. The smallest absolute Gasteiger partial charge is 0.422 e. The quantitative estimate of drug-likeness (QED) is 0.508. The molecule has 0 spiro atoms. The van der Waals surface area contributed by atoms with E-state index >= 15 is 0 Å². The average Bonchev–Trinajstić information content (AvgIpc) is 2.35. The zero-order chi connectivity index (χ0) is 14.5. The topological polar surface area (TPSA) is 55.8 Å². The highest BCUT2D eigenvalue weighted by molar-refractivity contribution is 5.89. The summed E-state index contributed by atoms with van der Waals surface area (Å²) < 4.78 is 45.4. The summed E-state index contributed by atoms with van der Waals surface area (Å²) in [6, 6.07) is 8.21. The van der Waals surface area contributed by atoms with Crippen LogP contribution in [0.5, 0.6) is 5.75 Å². The number of hydrogen-bond donors (Lipinski definition) is 1. The molecule has 0 aliphatic carbocycles. The molecule has 0 aliphatic heterocycles. The van der Waals surface area contributed by atoms with Gasteiger partial charge in [0, 0.05) is 0 Å². The van der Waals surface area contributed by atoms with Gasteiger partial charge in [-0.3, -0.25) is 0 Å². The Labute approximate surface area is 107 Å². The Balaban J connectivity index is 2.41. The van der Waals surface area contributed by atoms with E-state index in [0.717, 1.165) is 0 Å². The Hall–Kier alpha value is -2.02. The minimum Gasteiger partial charge on any atom is -0.487 e. The molecule has 0 aliphatic rings. The molecule has 1 aromatic carbocycles. The first-order chi connectivity index (χ1) is 8.80. The van der Waals surface area contributed by atoms with Crippen molar-refractivity contribution in [2.75, 3.05) is 6.61 Å². The number of halogens is 3. The monoisotopic (exact) mass is 276 g/mol. The van der Waals surface area contributed by atoms with Gasteiger partial charge in [0.25, 0.3) is 0 Å². The van der Waals surface area contributed by atoms with Crippen LogP contribution in [-0.2, 0) is 9.53 Å². The predicted molar refractivity (Wildman–Crippen MR) is 59.2 cm³/mol. The van der Waals surface area contributed by atoms with Gasteiger partial charge in [0.1, 0.15) is 11.3 Å². The summed E-state index contributed by atoms with van der Waals surface area (Å²) in [5, 5.41) is 9.22. The second-order valence-electron chi connectivity index (χ2n) is 3.46. The van der Waals surface area contributed by atoms with Crippen LogP contribution in [-0.4, -0.2) is 30.1 Å². The lowest BCUT2D eigenvalue weighted by atomic mass is 10.3. The van der Waals surface area contributed by atoms with E-state index in [2.05, 4.69) is 11.3 Å². The summed E-state index contributed by atoms with van der Waals surface area (Å²) in [6.07, 6.45) is -6.70. The Bertz CT molecular complexity index is 442. The van der Waals surface area contributed by atoms with Crippen molar-refractivity contribution in [1.29, 1.82) is 0 Å². The molecule has 0 saturated carbocycles. The highest BCUT2D eigenvalue weighted by Gasteiger charge is 2.38. The average molecular weight is 276 g/mol. The van der Waals surface area contributed by atoms with Crippen molar-refractivity contribution < 1.29 is 32.5 Å². The van der Waals surface area contributed by atoms with Gasteiger partial charge in [-0.15, -0.1) is 0 Å². The van der Waals surface area contributed by atoms with Crippen LogP contribution in [0.25, 0.3) is 0 Å². The molecular weight excluding hydrogens is 265 g/mol. The van der Waals surface area contributed by atoms with Gasteiger partial charge in [-0.1, -0.05) is 24.8 Å². The molecule has 0 aromatic heterocycles. The maximum atomic E-state index is 12.1. The molecule has 0 amide bonds. The van der Waals surface area contributed by atoms with Crippen molar-refractivity contribution in [2.45, 2.75) is 12.5 Å². The van der Waals surface area contributed by atoms with Crippen LogP contribution in [0.1, 0.15) is 0 Å². The van der Waals surface area contributed by atoms with Crippen molar-refractivity contribution in [3.8, 4) is 5.75 Å². The first-order valence-electron chi connectivity index (χ1n) is 5.13. The van der Waals surface area contributed by atoms with Gasteiger partial charge in [-0.05, 0) is 12.1 Å². The van der Waals surface area contributed by atoms with Gasteiger partial charge in [0.15, 0.2) is 6.61 Å². The maximum Gasteiger partial charge on any atom is 0.422 e. The van der Waals surface area contributed by atoms with Crippen LogP contribution < -0.4 is 4.74 Å². The number of rotatable bonds is 5. The summed E-state index contributed by atoms with van der Waals surface area (Å²) >= 11 is 0. The normalized spacial score (nSPS) is 12.6. The molecule has 0 heterocycles. The number of carbonyl (C=O) groups excluding carboxylic acids is 1. The van der Waals surface area contributed by atoms with Crippen molar-refractivity contribution in [3.63, 3.8) is 0 Å². The Morgan fingerprint density at radius 3 is 2.42 bits per heavy atom. The van der Waals surface area contributed by atoms with Crippen LogP contribution in [0.15, 0.2) is 42.5 Å². The molecule has 4 nitrogen and oxygen atoms in total. The predicted octanol–water partition coefficient (Wildman–Crippen LogP) is 2.05. The van der Waals surface area contributed by atoms with E-state index in [1.54, 1.807) is 30.3 Å². The SMILES string of the molecule is C=C(C(=O)OC(O)COc1ccccc1)C(F)(F)F. The van der Waals surface area contributed by atoms with E-state index < -0.39 is 30.6 Å². The van der Waals surface area contributed by atoms with Crippen LogP contribution >= 0.6 is 0 Å². The molecule has 1 aromatic rings. The molecule has 1 unspecified atom stereocenters. The van der Waals surface area contributed by atoms with Gasteiger partial charge in [-0.25, -0.2) is 4.79 Å². The van der Waals surface area contributed by atoms with Crippen LogP contribution in [0, 0.1) is 0 Å². The van der Waals surface area contributed by atoms with Crippen LogP contribution in [0.3, 0.4) is 0 Å². The van der Waals surface area contributed by atoms with Crippen molar-refractivity contribution >= 4 is 5.97 Å². The number of aliphatic hydroxyl groups excluding tert-OH is 1. The summed E-state index contributed by atoms with van der Waals surface area (Å²) in [5.41, 5.74) is -1.69. The minimum atomic E-state index is -4.89. The fourth-order valence-corrected chi connectivity index (χ4v) is 1.03. The number of alkyl halides is 3. The first kappa shape index (κ1) is 15.0. The summed E-state index contributed by atoms with van der Waals surface area (Å²) in [6.45, 7) is 2.06. The lowest BCUT2D eigenvalue weighted by Gasteiger charge is -2.15. The number of para-hydroxylation sites is 1. The third kappa shape index (κ3) is 5.01. The number of benzene rings is 1. The van der Waals surface area contributed by atoms with Gasteiger partial charge in [0.2, 0.25) is 6.29 Å². The largest absolute Gasteiger partial charge is 0.487 e. The van der Waals surface area contributed by atoms with E-state index in [1.807, 2.05) is 0 Å². The van der Waals surface area contributed by atoms with Gasteiger partial charge < -0.3 is 14.6 Å². The molecule has 0 fully saturated rings. The molecule has 0 saturated heterocycles. The van der Waals surface area contributed by atoms with E-state index in [0.29, 0.717) is 5.75 Å². The highest BCUT2D eigenvalue weighted by atomic mass is 19.4. The van der Waals surface area contributed by atoms with Crippen molar-refractivity contribution in [2.24, 2.45) is 0 Å². The lowest BCUT2D eigenvalue weighted by Crippen LogP contribution is -2.29. The number of ether oxygens (including phenoxy) is 2. The summed E-state index contributed by atoms with van der Waals surface area (Å²) in [5.74, 6) is -1.36. The van der Waals surface area contributed by atoms with Crippen LogP contribution in [0.4, 0.5) is 13.2 Å². The summed E-state index contributed by atoms with van der Waals surface area (Å²) in [4.78, 5) is 11.0. The number of aliphatic hydroxyl groups is 1. The van der Waals surface area contributed by atoms with Gasteiger partial charge >= 0.3 is 12.1 Å². The minimum absolute atomic E-state index is 0.382. The highest BCUT2D eigenvalue weighted by Crippen LogP contribution is 2.25. The van der Waals surface area contributed by atoms with Gasteiger partial charge in [0.05, 0.1) is 0 Å². The second kappa shape index (κ2) is 6.24. The number of hydrogen-bond acceptors (Lipinski definition) is 4. The Morgan fingerprint density at radius 1 is 1.32 bits per heavy atom. The fraction of sp³-hybridized carbons (Fsp3) is 0.250. The van der Waals surface area contributed by atoms with Gasteiger partial charge in [-0.2, -0.15) is 13.2 Å². The van der Waals surface area contributed by atoms with E-state index in [4.69, 9.17) is 4.74 Å². The Morgan fingerprint density at radius 2 is 1.89 bits per heavy atom. The molecule has 1 N–H and O–H groups in total. The molecule has 1 rings (SSSR count). The fourth-order valence-electron chi connectivity index (χ4n) is 1.03. The van der Waals surface area contributed by atoms with E-state index in [-0.39, 0.29) is 0 Å². The number of esters is 1. The molecule has 104 valence electrons. The molecular formula is C12H11F3O4. The zero-order valence-corrected chi connectivity index (χ0v) is 9.68. The van der Waals surface area contributed by atoms with Crippen molar-refractivity contribution in [1.82, 2.24) is 0 Å². The molecule has 0 radical (unpaired) electrons. The van der Waals surface area contributed by atoms with Crippen LogP contribution in [0.2, 0.25) is 0 Å². The maximum absolute atomic E-state index is 12.1. The molecule has 0 bridgehead atoms. The molecule has 7 heteroatoms. The Kier molecular flexibility index (Phi) is 4.94. The third-order valence-electron chi connectivity index (χ3n) is 1.97. The zero-order valence-electron chi connectivity index (χ0n) is 9.68. The van der Waals surface area contributed by atoms with E-state index in [9.17, 15) is 23.1 Å².